The van der Waals surface area contributed by atoms with E-state index in [-0.39, 0.29) is 11.8 Å². The number of rotatable bonds is 4. The number of hydrogen-bond acceptors (Lipinski definition) is 5. The van der Waals surface area contributed by atoms with Gasteiger partial charge in [0.15, 0.2) is 0 Å². The monoisotopic (exact) mass is 286 g/mol. The number of carbonyl (C=O) groups is 1. The Balaban J connectivity index is 1.54. The van der Waals surface area contributed by atoms with Crippen molar-refractivity contribution in [3.63, 3.8) is 0 Å². The van der Waals surface area contributed by atoms with Crippen molar-refractivity contribution in [2.75, 3.05) is 18.0 Å². The number of imidazole rings is 1. The summed E-state index contributed by atoms with van der Waals surface area (Å²) in [6, 6.07) is 1.79. The van der Waals surface area contributed by atoms with Gasteiger partial charge in [0.05, 0.1) is 12.5 Å². The third-order valence-electron chi connectivity index (χ3n) is 3.74. The minimum absolute atomic E-state index is 0.0194. The van der Waals surface area contributed by atoms with Crippen molar-refractivity contribution in [3.8, 4) is 0 Å². The predicted octanol–water partition coefficient (Wildman–Crippen LogP) is 0.353. The van der Waals surface area contributed by atoms with Crippen LogP contribution in [-0.4, -0.2) is 38.5 Å². The topological polar surface area (TPSA) is 75.9 Å². The van der Waals surface area contributed by atoms with Crippen LogP contribution in [0.3, 0.4) is 0 Å². The zero-order chi connectivity index (χ0) is 14.7. The van der Waals surface area contributed by atoms with Gasteiger partial charge in [0.2, 0.25) is 11.9 Å². The molecule has 0 spiro atoms. The van der Waals surface area contributed by atoms with Gasteiger partial charge in [-0.15, -0.1) is 0 Å². The van der Waals surface area contributed by atoms with Crippen LogP contribution in [0.25, 0.3) is 0 Å². The summed E-state index contributed by atoms with van der Waals surface area (Å²) in [5.41, 5.74) is 0. The van der Waals surface area contributed by atoms with E-state index in [0.717, 1.165) is 18.8 Å². The minimum atomic E-state index is -0.0194. The molecule has 0 aliphatic carbocycles. The lowest BCUT2D eigenvalue weighted by atomic mass is 10.1. The first kappa shape index (κ1) is 13.5. The highest BCUT2D eigenvalue weighted by molar-refractivity contribution is 5.79. The molecule has 2 aromatic heterocycles. The van der Waals surface area contributed by atoms with Gasteiger partial charge < -0.3 is 14.8 Å². The Bertz CT molecular complexity index is 611. The Morgan fingerprint density at radius 3 is 2.86 bits per heavy atom. The molecule has 3 rings (SSSR count). The van der Waals surface area contributed by atoms with Gasteiger partial charge in [0, 0.05) is 44.9 Å². The Labute approximate surface area is 123 Å². The minimum Gasteiger partial charge on any atom is -0.349 e. The normalized spacial score (nSPS) is 18.0. The van der Waals surface area contributed by atoms with Crippen molar-refractivity contribution < 1.29 is 4.79 Å². The lowest BCUT2D eigenvalue weighted by Gasteiger charge is -2.15. The molecule has 0 bridgehead atoms. The van der Waals surface area contributed by atoms with Gasteiger partial charge in [0.1, 0.15) is 5.82 Å². The molecule has 3 heterocycles. The van der Waals surface area contributed by atoms with Crippen LogP contribution in [0.2, 0.25) is 0 Å². The second kappa shape index (κ2) is 5.90. The average Bonchev–Trinajstić information content (AvgIpc) is 3.15. The number of amides is 1. The second-order valence-corrected chi connectivity index (χ2v) is 5.15. The molecule has 1 amide bonds. The molecule has 1 aliphatic heterocycles. The van der Waals surface area contributed by atoms with Crippen LogP contribution in [0, 0.1) is 5.92 Å². The lowest BCUT2D eigenvalue weighted by molar-refractivity contribution is -0.124. The molecule has 0 saturated carbocycles. The molecule has 2 aromatic rings. The third-order valence-corrected chi connectivity index (χ3v) is 3.74. The summed E-state index contributed by atoms with van der Waals surface area (Å²) in [5.74, 6) is 1.59. The van der Waals surface area contributed by atoms with E-state index in [1.165, 1.54) is 0 Å². The van der Waals surface area contributed by atoms with Gasteiger partial charge in [-0.1, -0.05) is 0 Å². The highest BCUT2D eigenvalue weighted by Gasteiger charge is 2.29. The maximum atomic E-state index is 12.2. The van der Waals surface area contributed by atoms with Gasteiger partial charge >= 0.3 is 0 Å². The van der Waals surface area contributed by atoms with Crippen LogP contribution in [0.4, 0.5) is 5.95 Å². The Hall–Kier alpha value is -2.44. The molecule has 1 atom stereocenters. The van der Waals surface area contributed by atoms with Crippen LogP contribution >= 0.6 is 0 Å². The fraction of sp³-hybridized carbons (Fsp3) is 0.429. The van der Waals surface area contributed by atoms with E-state index in [2.05, 4.69) is 20.3 Å². The Morgan fingerprint density at radius 1 is 1.33 bits per heavy atom. The summed E-state index contributed by atoms with van der Waals surface area (Å²) < 4.78 is 1.90. The number of anilines is 1. The summed E-state index contributed by atoms with van der Waals surface area (Å²) in [7, 11) is 1.92. The predicted molar refractivity (Wildman–Crippen MR) is 77.4 cm³/mol. The zero-order valence-electron chi connectivity index (χ0n) is 11.9. The third kappa shape index (κ3) is 3.01. The number of carbonyl (C=O) groups excluding carboxylic acids is 1. The summed E-state index contributed by atoms with van der Waals surface area (Å²) in [6.07, 6.45) is 7.86. The smallest absolute Gasteiger partial charge is 0.225 e. The lowest BCUT2D eigenvalue weighted by Crippen LogP contribution is -2.33. The Morgan fingerprint density at radius 2 is 2.14 bits per heavy atom. The van der Waals surface area contributed by atoms with Crippen molar-refractivity contribution in [1.29, 1.82) is 0 Å². The fourth-order valence-electron chi connectivity index (χ4n) is 2.49. The van der Waals surface area contributed by atoms with Crippen molar-refractivity contribution in [3.05, 3.63) is 36.7 Å². The molecular formula is C14H18N6O. The standard InChI is InChI=1S/C14H18N6O/c1-19-8-6-15-12(19)9-18-13(21)11-3-7-20(10-11)14-16-4-2-5-17-14/h2,4-6,8,11H,3,7,9-10H2,1H3,(H,18,21). The zero-order valence-corrected chi connectivity index (χ0v) is 11.9. The number of nitrogens with one attached hydrogen (secondary N) is 1. The SMILES string of the molecule is Cn1ccnc1CNC(=O)C1CCN(c2ncccn2)C1. The van der Waals surface area contributed by atoms with E-state index in [4.69, 9.17) is 0 Å². The summed E-state index contributed by atoms with van der Waals surface area (Å²) in [5, 5.41) is 2.95. The molecule has 1 N–H and O–H groups in total. The molecule has 1 fully saturated rings. The van der Waals surface area contributed by atoms with Crippen LogP contribution in [0.15, 0.2) is 30.9 Å². The number of aromatic nitrogens is 4. The summed E-state index contributed by atoms with van der Waals surface area (Å²) >= 11 is 0. The summed E-state index contributed by atoms with van der Waals surface area (Å²) in [6.45, 7) is 1.93. The van der Waals surface area contributed by atoms with E-state index in [0.29, 0.717) is 19.0 Å². The molecule has 21 heavy (non-hydrogen) atoms. The molecule has 1 unspecified atom stereocenters. The quantitative estimate of drug-likeness (QED) is 0.878. The van der Waals surface area contributed by atoms with Crippen molar-refractivity contribution in [2.24, 2.45) is 13.0 Å². The van der Waals surface area contributed by atoms with Crippen molar-refractivity contribution >= 4 is 11.9 Å². The van der Waals surface area contributed by atoms with E-state index >= 15 is 0 Å². The van der Waals surface area contributed by atoms with Crippen LogP contribution in [-0.2, 0) is 18.4 Å². The number of aryl methyl sites for hydroxylation is 1. The molecule has 0 aromatic carbocycles. The van der Waals surface area contributed by atoms with Gasteiger partial charge in [-0.2, -0.15) is 0 Å². The first-order chi connectivity index (χ1) is 10.2. The van der Waals surface area contributed by atoms with Crippen LogP contribution in [0.1, 0.15) is 12.2 Å². The van der Waals surface area contributed by atoms with Gasteiger partial charge in [-0.3, -0.25) is 4.79 Å². The second-order valence-electron chi connectivity index (χ2n) is 5.15. The van der Waals surface area contributed by atoms with Gasteiger partial charge in [-0.25, -0.2) is 15.0 Å². The highest BCUT2D eigenvalue weighted by atomic mass is 16.1. The first-order valence-corrected chi connectivity index (χ1v) is 7.00. The summed E-state index contributed by atoms with van der Waals surface area (Å²) in [4.78, 5) is 26.9. The maximum Gasteiger partial charge on any atom is 0.225 e. The van der Waals surface area contributed by atoms with Crippen molar-refractivity contribution in [2.45, 2.75) is 13.0 Å². The largest absolute Gasteiger partial charge is 0.349 e. The maximum absolute atomic E-state index is 12.2. The van der Waals surface area contributed by atoms with E-state index < -0.39 is 0 Å². The number of hydrogen-bond donors (Lipinski definition) is 1. The molecule has 0 radical (unpaired) electrons. The van der Waals surface area contributed by atoms with Crippen LogP contribution in [0.5, 0.6) is 0 Å². The van der Waals surface area contributed by atoms with Crippen molar-refractivity contribution in [1.82, 2.24) is 24.8 Å². The molecule has 110 valence electrons. The molecule has 1 saturated heterocycles. The molecular weight excluding hydrogens is 268 g/mol. The van der Waals surface area contributed by atoms with Gasteiger partial charge in [-0.05, 0) is 12.5 Å². The molecule has 7 heteroatoms. The first-order valence-electron chi connectivity index (χ1n) is 7.00. The van der Waals surface area contributed by atoms with E-state index in [1.807, 2.05) is 22.7 Å². The van der Waals surface area contributed by atoms with Gasteiger partial charge in [0.25, 0.3) is 0 Å². The Kier molecular flexibility index (Phi) is 3.81. The number of nitrogens with zero attached hydrogens (tertiary/aromatic N) is 5. The van der Waals surface area contributed by atoms with Crippen LogP contribution < -0.4 is 10.2 Å². The van der Waals surface area contributed by atoms with E-state index in [9.17, 15) is 4.79 Å². The van der Waals surface area contributed by atoms with E-state index in [1.54, 1.807) is 24.7 Å². The molecule has 7 nitrogen and oxygen atoms in total. The highest BCUT2D eigenvalue weighted by Crippen LogP contribution is 2.20. The average molecular weight is 286 g/mol. The fourth-order valence-corrected chi connectivity index (χ4v) is 2.49. The molecule has 1 aliphatic rings.